The highest BCUT2D eigenvalue weighted by molar-refractivity contribution is 5.80. The van der Waals surface area contributed by atoms with E-state index in [9.17, 15) is 9.59 Å². The molecule has 2 unspecified atom stereocenters. The van der Waals surface area contributed by atoms with Crippen LogP contribution < -0.4 is 11.5 Å². The Morgan fingerprint density at radius 3 is 2.55 bits per heavy atom. The number of likely N-dealkylation sites (tertiary alicyclic amines) is 1. The first-order chi connectivity index (χ1) is 9.45. The SMILES string of the molecule is CC(C)C(CCN)CCC(=O)N1CCCC(C(N)=O)C1. The lowest BCUT2D eigenvalue weighted by atomic mass is 9.88. The van der Waals surface area contributed by atoms with Gasteiger partial charge in [-0.25, -0.2) is 0 Å². The van der Waals surface area contributed by atoms with Crippen LogP contribution >= 0.6 is 0 Å². The Morgan fingerprint density at radius 1 is 1.30 bits per heavy atom. The predicted molar refractivity (Wildman–Crippen MR) is 79.7 cm³/mol. The number of rotatable bonds is 7. The Morgan fingerprint density at radius 2 is 2.00 bits per heavy atom. The smallest absolute Gasteiger partial charge is 0.222 e. The standard InChI is InChI=1S/C15H29N3O2/c1-11(2)12(7-8-16)5-6-14(19)18-9-3-4-13(10-18)15(17)20/h11-13H,3-10,16H2,1-2H3,(H2,17,20). The summed E-state index contributed by atoms with van der Waals surface area (Å²) >= 11 is 0. The minimum Gasteiger partial charge on any atom is -0.369 e. The van der Waals surface area contributed by atoms with Crippen LogP contribution in [0.4, 0.5) is 0 Å². The van der Waals surface area contributed by atoms with Crippen LogP contribution in [0.2, 0.25) is 0 Å². The monoisotopic (exact) mass is 283 g/mol. The van der Waals surface area contributed by atoms with Crippen molar-refractivity contribution >= 4 is 11.8 Å². The third-order valence-corrected chi connectivity index (χ3v) is 4.39. The van der Waals surface area contributed by atoms with Crippen LogP contribution in [-0.2, 0) is 9.59 Å². The van der Waals surface area contributed by atoms with E-state index in [2.05, 4.69) is 13.8 Å². The molecule has 0 bridgehead atoms. The number of hydrogen-bond acceptors (Lipinski definition) is 3. The maximum Gasteiger partial charge on any atom is 0.222 e. The zero-order valence-corrected chi connectivity index (χ0v) is 12.8. The Balaban J connectivity index is 2.43. The molecule has 0 spiro atoms. The highest BCUT2D eigenvalue weighted by Crippen LogP contribution is 2.22. The average Bonchev–Trinajstić information content (AvgIpc) is 2.42. The molecule has 0 aromatic carbocycles. The zero-order valence-electron chi connectivity index (χ0n) is 12.8. The van der Waals surface area contributed by atoms with Gasteiger partial charge in [-0.05, 0) is 44.1 Å². The van der Waals surface area contributed by atoms with Crippen LogP contribution in [0.3, 0.4) is 0 Å². The van der Waals surface area contributed by atoms with E-state index < -0.39 is 0 Å². The molecule has 116 valence electrons. The number of carbonyl (C=O) groups is 2. The molecular formula is C15H29N3O2. The van der Waals surface area contributed by atoms with Gasteiger partial charge in [0.1, 0.15) is 0 Å². The fourth-order valence-corrected chi connectivity index (χ4v) is 2.93. The maximum atomic E-state index is 12.2. The van der Waals surface area contributed by atoms with Crippen molar-refractivity contribution in [3.63, 3.8) is 0 Å². The third-order valence-electron chi connectivity index (χ3n) is 4.39. The summed E-state index contributed by atoms with van der Waals surface area (Å²) in [5.41, 5.74) is 11.0. The molecule has 0 aromatic heterocycles. The normalized spacial score (nSPS) is 21.0. The van der Waals surface area contributed by atoms with E-state index in [0.29, 0.717) is 31.3 Å². The van der Waals surface area contributed by atoms with Crippen LogP contribution in [0.1, 0.15) is 46.0 Å². The Bertz CT molecular complexity index is 331. The third kappa shape index (κ3) is 5.12. The number of amides is 2. The number of piperidine rings is 1. The zero-order chi connectivity index (χ0) is 15.1. The lowest BCUT2D eigenvalue weighted by Gasteiger charge is -2.32. The van der Waals surface area contributed by atoms with Crippen molar-refractivity contribution in [2.75, 3.05) is 19.6 Å². The van der Waals surface area contributed by atoms with E-state index in [0.717, 1.165) is 32.2 Å². The maximum absolute atomic E-state index is 12.2. The van der Waals surface area contributed by atoms with Gasteiger partial charge in [-0.2, -0.15) is 0 Å². The largest absolute Gasteiger partial charge is 0.369 e. The summed E-state index contributed by atoms with van der Waals surface area (Å²) < 4.78 is 0. The van der Waals surface area contributed by atoms with Gasteiger partial charge >= 0.3 is 0 Å². The quantitative estimate of drug-likeness (QED) is 0.733. The Hall–Kier alpha value is -1.10. The van der Waals surface area contributed by atoms with Crippen LogP contribution in [0, 0.1) is 17.8 Å². The van der Waals surface area contributed by atoms with E-state index in [1.807, 2.05) is 0 Å². The molecule has 2 amide bonds. The van der Waals surface area contributed by atoms with Crippen LogP contribution in [0.15, 0.2) is 0 Å². The molecule has 1 heterocycles. The topological polar surface area (TPSA) is 89.4 Å². The average molecular weight is 283 g/mol. The molecule has 4 N–H and O–H groups in total. The molecule has 1 aliphatic rings. The number of nitrogens with two attached hydrogens (primary N) is 2. The first-order valence-corrected chi connectivity index (χ1v) is 7.72. The fourth-order valence-electron chi connectivity index (χ4n) is 2.93. The molecule has 2 atom stereocenters. The molecule has 1 fully saturated rings. The van der Waals surface area contributed by atoms with E-state index in [-0.39, 0.29) is 17.7 Å². The molecular weight excluding hydrogens is 254 g/mol. The molecule has 5 nitrogen and oxygen atoms in total. The number of nitrogens with zero attached hydrogens (tertiary/aromatic N) is 1. The molecule has 1 aliphatic heterocycles. The predicted octanol–water partition coefficient (Wildman–Crippen LogP) is 1.11. The van der Waals surface area contributed by atoms with Gasteiger partial charge < -0.3 is 16.4 Å². The summed E-state index contributed by atoms with van der Waals surface area (Å²) in [5.74, 6) is 0.744. The summed E-state index contributed by atoms with van der Waals surface area (Å²) in [7, 11) is 0. The molecule has 0 aliphatic carbocycles. The second-order valence-electron chi connectivity index (χ2n) is 6.20. The van der Waals surface area contributed by atoms with Crippen LogP contribution in [0.25, 0.3) is 0 Å². The molecule has 20 heavy (non-hydrogen) atoms. The molecule has 0 radical (unpaired) electrons. The first-order valence-electron chi connectivity index (χ1n) is 7.72. The molecule has 5 heteroatoms. The highest BCUT2D eigenvalue weighted by Gasteiger charge is 2.27. The van der Waals surface area contributed by atoms with Gasteiger partial charge in [-0.15, -0.1) is 0 Å². The second-order valence-corrected chi connectivity index (χ2v) is 6.20. The van der Waals surface area contributed by atoms with Crippen molar-refractivity contribution in [3.05, 3.63) is 0 Å². The van der Waals surface area contributed by atoms with Crippen molar-refractivity contribution in [2.24, 2.45) is 29.2 Å². The van der Waals surface area contributed by atoms with E-state index in [4.69, 9.17) is 11.5 Å². The molecule has 0 aromatic rings. The van der Waals surface area contributed by atoms with Crippen molar-refractivity contribution in [1.29, 1.82) is 0 Å². The second kappa shape index (κ2) is 8.25. The van der Waals surface area contributed by atoms with Gasteiger partial charge in [0.15, 0.2) is 0 Å². The van der Waals surface area contributed by atoms with E-state index >= 15 is 0 Å². The molecule has 1 rings (SSSR count). The van der Waals surface area contributed by atoms with Crippen LogP contribution in [0.5, 0.6) is 0 Å². The first kappa shape index (κ1) is 17.0. The minimum absolute atomic E-state index is 0.152. The van der Waals surface area contributed by atoms with Gasteiger partial charge in [0.05, 0.1) is 5.92 Å². The van der Waals surface area contributed by atoms with Gasteiger partial charge in [-0.1, -0.05) is 13.8 Å². The van der Waals surface area contributed by atoms with Crippen molar-refractivity contribution in [3.8, 4) is 0 Å². The van der Waals surface area contributed by atoms with E-state index in [1.165, 1.54) is 0 Å². The van der Waals surface area contributed by atoms with Gasteiger partial charge in [0.25, 0.3) is 0 Å². The van der Waals surface area contributed by atoms with Crippen molar-refractivity contribution < 1.29 is 9.59 Å². The number of hydrogen-bond donors (Lipinski definition) is 2. The summed E-state index contributed by atoms with van der Waals surface area (Å²) in [4.78, 5) is 25.3. The van der Waals surface area contributed by atoms with Crippen molar-refractivity contribution in [1.82, 2.24) is 4.90 Å². The van der Waals surface area contributed by atoms with Gasteiger partial charge in [-0.3, -0.25) is 9.59 Å². The summed E-state index contributed by atoms with van der Waals surface area (Å²) in [5, 5.41) is 0. The minimum atomic E-state index is -0.286. The fraction of sp³-hybridized carbons (Fsp3) is 0.867. The lowest BCUT2D eigenvalue weighted by molar-refractivity contribution is -0.135. The summed E-state index contributed by atoms with van der Waals surface area (Å²) in [6.45, 7) is 6.28. The van der Waals surface area contributed by atoms with E-state index in [1.54, 1.807) is 4.90 Å². The number of primary amides is 1. The summed E-state index contributed by atoms with van der Waals surface area (Å²) in [6, 6.07) is 0. The van der Waals surface area contributed by atoms with Crippen LogP contribution in [-0.4, -0.2) is 36.3 Å². The number of carbonyl (C=O) groups excluding carboxylic acids is 2. The van der Waals surface area contributed by atoms with Gasteiger partial charge in [0, 0.05) is 19.5 Å². The molecule has 1 saturated heterocycles. The Labute approximate surface area is 122 Å². The summed E-state index contributed by atoms with van der Waals surface area (Å²) in [6.07, 6.45) is 4.07. The highest BCUT2D eigenvalue weighted by atomic mass is 16.2. The Kier molecular flexibility index (Phi) is 6.99. The lowest BCUT2D eigenvalue weighted by Crippen LogP contribution is -2.44. The van der Waals surface area contributed by atoms with Gasteiger partial charge in [0.2, 0.25) is 11.8 Å². The van der Waals surface area contributed by atoms with Crippen molar-refractivity contribution in [2.45, 2.75) is 46.0 Å². The molecule has 0 saturated carbocycles.